The van der Waals surface area contributed by atoms with Crippen LogP contribution in [0.4, 0.5) is 5.82 Å². The van der Waals surface area contributed by atoms with E-state index >= 15 is 0 Å². The average molecular weight is 246 g/mol. The van der Waals surface area contributed by atoms with Crippen molar-refractivity contribution in [2.24, 2.45) is 13.0 Å². The molecule has 1 aliphatic heterocycles. The molecule has 6 heteroatoms. The second-order valence-electron chi connectivity index (χ2n) is 4.80. The Labute approximate surface area is 106 Å². The Hall–Kier alpha value is -1.69. The number of nitrogens with zero attached hydrogens (tertiary/aromatic N) is 4. The van der Waals surface area contributed by atoms with Crippen LogP contribution in [-0.2, 0) is 7.05 Å². The Morgan fingerprint density at radius 3 is 3.06 bits per heavy atom. The van der Waals surface area contributed by atoms with E-state index in [-0.39, 0.29) is 0 Å². The molecule has 0 bridgehead atoms. The third-order valence-electron chi connectivity index (χ3n) is 3.55. The summed E-state index contributed by atoms with van der Waals surface area (Å²) in [6.45, 7) is 3.22. The van der Waals surface area contributed by atoms with Gasteiger partial charge in [0.1, 0.15) is 12.1 Å². The summed E-state index contributed by atoms with van der Waals surface area (Å²) in [4.78, 5) is 8.55. The van der Waals surface area contributed by atoms with E-state index in [1.54, 1.807) is 11.0 Å². The molecule has 0 unspecified atom stereocenters. The first-order valence-electron chi connectivity index (χ1n) is 6.42. The maximum Gasteiger partial charge on any atom is 0.163 e. The monoisotopic (exact) mass is 246 g/mol. The second-order valence-corrected chi connectivity index (χ2v) is 4.80. The lowest BCUT2D eigenvalue weighted by Gasteiger charge is -2.22. The quantitative estimate of drug-likeness (QED) is 0.837. The Balaban J connectivity index is 1.74. The molecular weight excluding hydrogens is 228 g/mol. The molecule has 2 aromatic heterocycles. The molecule has 3 rings (SSSR count). The molecule has 6 nitrogen and oxygen atoms in total. The van der Waals surface area contributed by atoms with Gasteiger partial charge >= 0.3 is 0 Å². The van der Waals surface area contributed by atoms with Gasteiger partial charge < -0.3 is 10.6 Å². The van der Waals surface area contributed by atoms with Gasteiger partial charge in [0, 0.05) is 13.6 Å². The normalized spacial score (nSPS) is 17.2. The number of hydrogen-bond donors (Lipinski definition) is 2. The molecule has 0 aliphatic carbocycles. The summed E-state index contributed by atoms with van der Waals surface area (Å²) in [5.74, 6) is 1.62. The van der Waals surface area contributed by atoms with Crippen molar-refractivity contribution in [2.45, 2.75) is 12.8 Å². The van der Waals surface area contributed by atoms with E-state index in [9.17, 15) is 0 Å². The fourth-order valence-electron chi connectivity index (χ4n) is 2.43. The lowest BCUT2D eigenvalue weighted by atomic mass is 9.98. The SMILES string of the molecule is Cn1ncc2c(NCC3CCNCC3)ncnc21. The minimum absolute atomic E-state index is 0.730. The van der Waals surface area contributed by atoms with Crippen molar-refractivity contribution in [3.8, 4) is 0 Å². The smallest absolute Gasteiger partial charge is 0.163 e. The topological polar surface area (TPSA) is 67.7 Å². The van der Waals surface area contributed by atoms with Gasteiger partial charge in [-0.05, 0) is 31.8 Å². The van der Waals surface area contributed by atoms with Gasteiger partial charge in [-0.1, -0.05) is 0 Å². The fraction of sp³-hybridized carbons (Fsp3) is 0.583. The molecule has 1 saturated heterocycles. The Morgan fingerprint density at radius 1 is 1.39 bits per heavy atom. The van der Waals surface area contributed by atoms with Crippen molar-refractivity contribution in [2.75, 3.05) is 25.0 Å². The van der Waals surface area contributed by atoms with Gasteiger partial charge in [0.05, 0.1) is 11.6 Å². The molecule has 0 atom stereocenters. The molecule has 0 amide bonds. The minimum atomic E-state index is 0.730. The van der Waals surface area contributed by atoms with Crippen molar-refractivity contribution in [1.29, 1.82) is 0 Å². The number of anilines is 1. The van der Waals surface area contributed by atoms with E-state index in [0.29, 0.717) is 0 Å². The summed E-state index contributed by atoms with van der Waals surface area (Å²) in [5, 5.41) is 12.0. The number of piperidine rings is 1. The van der Waals surface area contributed by atoms with E-state index in [4.69, 9.17) is 0 Å². The number of hydrogen-bond acceptors (Lipinski definition) is 5. The largest absolute Gasteiger partial charge is 0.369 e. The van der Waals surface area contributed by atoms with Crippen LogP contribution >= 0.6 is 0 Å². The molecule has 18 heavy (non-hydrogen) atoms. The number of fused-ring (bicyclic) bond motifs is 1. The highest BCUT2D eigenvalue weighted by atomic mass is 15.3. The molecular formula is C12H18N6. The minimum Gasteiger partial charge on any atom is -0.369 e. The van der Waals surface area contributed by atoms with Crippen LogP contribution in [0.15, 0.2) is 12.5 Å². The molecule has 2 aromatic rings. The summed E-state index contributed by atoms with van der Waals surface area (Å²) in [6.07, 6.45) is 5.87. The molecule has 0 spiro atoms. The van der Waals surface area contributed by atoms with Crippen LogP contribution in [0.1, 0.15) is 12.8 Å². The second kappa shape index (κ2) is 4.89. The van der Waals surface area contributed by atoms with E-state index in [2.05, 4.69) is 25.7 Å². The van der Waals surface area contributed by atoms with E-state index < -0.39 is 0 Å². The van der Waals surface area contributed by atoms with E-state index in [1.807, 2.05) is 13.2 Å². The van der Waals surface area contributed by atoms with Crippen LogP contribution in [-0.4, -0.2) is 39.4 Å². The lowest BCUT2D eigenvalue weighted by molar-refractivity contribution is 0.389. The Kier molecular flexibility index (Phi) is 3.10. The highest BCUT2D eigenvalue weighted by Gasteiger charge is 2.14. The molecule has 0 saturated carbocycles. The molecule has 2 N–H and O–H groups in total. The number of rotatable bonds is 3. The zero-order chi connectivity index (χ0) is 12.4. The van der Waals surface area contributed by atoms with Gasteiger partial charge in [-0.25, -0.2) is 9.97 Å². The van der Waals surface area contributed by atoms with Crippen molar-refractivity contribution < 1.29 is 0 Å². The van der Waals surface area contributed by atoms with Crippen LogP contribution in [0, 0.1) is 5.92 Å². The number of aromatic nitrogens is 4. The zero-order valence-electron chi connectivity index (χ0n) is 10.6. The van der Waals surface area contributed by atoms with Crippen LogP contribution in [0.25, 0.3) is 11.0 Å². The van der Waals surface area contributed by atoms with Gasteiger partial charge in [0.25, 0.3) is 0 Å². The zero-order valence-corrected chi connectivity index (χ0v) is 10.6. The summed E-state index contributed by atoms with van der Waals surface area (Å²) in [5.41, 5.74) is 0.873. The van der Waals surface area contributed by atoms with Crippen LogP contribution in [0.2, 0.25) is 0 Å². The molecule has 0 radical (unpaired) electrons. The van der Waals surface area contributed by atoms with Crippen molar-refractivity contribution in [3.63, 3.8) is 0 Å². The maximum atomic E-state index is 4.31. The summed E-state index contributed by atoms with van der Waals surface area (Å²) in [7, 11) is 1.89. The number of nitrogens with one attached hydrogen (secondary N) is 2. The first-order valence-corrected chi connectivity index (χ1v) is 6.42. The Morgan fingerprint density at radius 2 is 2.22 bits per heavy atom. The first-order chi connectivity index (χ1) is 8.84. The molecule has 1 fully saturated rings. The van der Waals surface area contributed by atoms with Crippen molar-refractivity contribution in [1.82, 2.24) is 25.1 Å². The Bertz CT molecular complexity index is 528. The van der Waals surface area contributed by atoms with E-state index in [0.717, 1.165) is 42.4 Å². The third kappa shape index (κ3) is 2.15. The first kappa shape index (κ1) is 11.4. The summed E-state index contributed by atoms with van der Waals surface area (Å²) < 4.78 is 1.77. The molecule has 96 valence electrons. The predicted molar refractivity (Wildman–Crippen MR) is 70.4 cm³/mol. The predicted octanol–water partition coefficient (Wildman–Crippen LogP) is 0.775. The summed E-state index contributed by atoms with van der Waals surface area (Å²) in [6, 6.07) is 0. The van der Waals surface area contributed by atoms with Gasteiger partial charge in [-0.15, -0.1) is 0 Å². The summed E-state index contributed by atoms with van der Waals surface area (Å²) >= 11 is 0. The fourth-order valence-corrected chi connectivity index (χ4v) is 2.43. The van der Waals surface area contributed by atoms with Crippen LogP contribution in [0.5, 0.6) is 0 Å². The maximum absolute atomic E-state index is 4.31. The van der Waals surface area contributed by atoms with Gasteiger partial charge in [0.2, 0.25) is 0 Å². The third-order valence-corrected chi connectivity index (χ3v) is 3.55. The standard InChI is InChI=1S/C12H18N6/c1-18-12-10(7-17-18)11(15-8-16-12)14-6-9-2-4-13-5-3-9/h7-9,13H,2-6H2,1H3,(H,14,15,16). The lowest BCUT2D eigenvalue weighted by Crippen LogP contribution is -2.31. The van der Waals surface area contributed by atoms with Gasteiger partial charge in [0.15, 0.2) is 5.65 Å². The van der Waals surface area contributed by atoms with Crippen LogP contribution in [0.3, 0.4) is 0 Å². The molecule has 3 heterocycles. The van der Waals surface area contributed by atoms with E-state index in [1.165, 1.54) is 12.8 Å². The molecule has 0 aromatic carbocycles. The van der Waals surface area contributed by atoms with Crippen molar-refractivity contribution in [3.05, 3.63) is 12.5 Å². The van der Waals surface area contributed by atoms with Crippen LogP contribution < -0.4 is 10.6 Å². The highest BCUT2D eigenvalue weighted by molar-refractivity contribution is 5.85. The van der Waals surface area contributed by atoms with Crippen molar-refractivity contribution >= 4 is 16.9 Å². The van der Waals surface area contributed by atoms with Gasteiger partial charge in [-0.2, -0.15) is 5.10 Å². The highest BCUT2D eigenvalue weighted by Crippen LogP contribution is 2.19. The number of aryl methyl sites for hydroxylation is 1. The average Bonchev–Trinajstić information content (AvgIpc) is 2.80. The van der Waals surface area contributed by atoms with Gasteiger partial charge in [-0.3, -0.25) is 4.68 Å². The molecule has 1 aliphatic rings.